The van der Waals surface area contributed by atoms with Crippen molar-refractivity contribution in [2.75, 3.05) is 19.6 Å². The van der Waals surface area contributed by atoms with Gasteiger partial charge in [-0.15, -0.1) is 0 Å². The van der Waals surface area contributed by atoms with Crippen molar-refractivity contribution in [2.45, 2.75) is 19.9 Å². The monoisotopic (exact) mass is 362 g/mol. The molecule has 5 nitrogen and oxygen atoms in total. The number of hydrogen-bond acceptors (Lipinski definition) is 3. The summed E-state index contributed by atoms with van der Waals surface area (Å²) in [5.41, 5.74) is 0.698. The number of likely N-dealkylation sites (N-methyl/N-ethyl adjacent to an activating group) is 1. The van der Waals surface area contributed by atoms with E-state index in [2.05, 4.69) is 0 Å². The van der Waals surface area contributed by atoms with Crippen molar-refractivity contribution in [2.24, 2.45) is 5.41 Å². The van der Waals surface area contributed by atoms with E-state index in [0.717, 1.165) is 0 Å². The fraction of sp³-hybridized carbons (Fsp3) is 0.318. The van der Waals surface area contributed by atoms with Crippen molar-refractivity contribution in [3.63, 3.8) is 0 Å². The van der Waals surface area contributed by atoms with Crippen LogP contribution in [-0.2, 0) is 0 Å². The molecule has 0 radical (unpaired) electrons. The third kappa shape index (κ3) is 2.57. The molecule has 0 N–H and O–H groups in total. The van der Waals surface area contributed by atoms with E-state index in [0.29, 0.717) is 36.3 Å². The maximum Gasteiger partial charge on any atom is 0.254 e. The van der Waals surface area contributed by atoms with Crippen LogP contribution in [0, 0.1) is 5.41 Å². The molecule has 2 heterocycles. The Morgan fingerprint density at radius 1 is 1.04 bits per heavy atom. The molecule has 0 unspecified atom stereocenters. The molecule has 2 amide bonds. The predicted octanol–water partition coefficient (Wildman–Crippen LogP) is 2.88. The highest BCUT2D eigenvalue weighted by molar-refractivity contribution is 6.13. The zero-order valence-electron chi connectivity index (χ0n) is 15.5. The van der Waals surface area contributed by atoms with Crippen molar-refractivity contribution in [1.82, 2.24) is 9.80 Å². The first kappa shape index (κ1) is 17.5. The van der Waals surface area contributed by atoms with Crippen molar-refractivity contribution < 1.29 is 14.4 Å². The average molecular weight is 362 g/mol. The van der Waals surface area contributed by atoms with Gasteiger partial charge in [-0.1, -0.05) is 36.4 Å². The summed E-state index contributed by atoms with van der Waals surface area (Å²) in [7, 11) is 0. The Morgan fingerprint density at radius 3 is 2.33 bits per heavy atom. The summed E-state index contributed by atoms with van der Waals surface area (Å²) in [6, 6.07) is 15.7. The fourth-order valence-electron chi connectivity index (χ4n) is 4.40. The lowest BCUT2D eigenvalue weighted by Crippen LogP contribution is -2.49. The van der Waals surface area contributed by atoms with Crippen LogP contribution < -0.4 is 0 Å². The minimum atomic E-state index is -0.817. The van der Waals surface area contributed by atoms with Gasteiger partial charge in [-0.3, -0.25) is 14.4 Å². The Morgan fingerprint density at radius 2 is 1.67 bits per heavy atom. The number of benzene rings is 2. The lowest BCUT2D eigenvalue weighted by atomic mass is 9.78. The maximum absolute atomic E-state index is 13.4. The van der Waals surface area contributed by atoms with E-state index in [1.54, 1.807) is 46.2 Å². The van der Waals surface area contributed by atoms with Gasteiger partial charge in [0, 0.05) is 30.8 Å². The van der Waals surface area contributed by atoms with Crippen LogP contribution in [-0.4, -0.2) is 53.1 Å². The van der Waals surface area contributed by atoms with Gasteiger partial charge in [-0.2, -0.15) is 0 Å². The van der Waals surface area contributed by atoms with Crippen LogP contribution in [0.25, 0.3) is 0 Å². The summed E-state index contributed by atoms with van der Waals surface area (Å²) in [6.45, 7) is 4.97. The molecule has 0 saturated carbocycles. The number of Topliss-reactive ketones (excluding diaryl/α,β-unsaturated/α-hetero) is 1. The van der Waals surface area contributed by atoms with Gasteiger partial charge in [0.05, 0.1) is 17.0 Å². The molecule has 0 aliphatic carbocycles. The molecule has 2 aromatic carbocycles. The zero-order chi connectivity index (χ0) is 19.2. The molecular weight excluding hydrogens is 340 g/mol. The van der Waals surface area contributed by atoms with Gasteiger partial charge in [-0.25, -0.2) is 0 Å². The highest BCUT2D eigenvalue weighted by Crippen LogP contribution is 2.41. The molecule has 0 aromatic heterocycles. The second-order valence-electron chi connectivity index (χ2n) is 7.45. The van der Waals surface area contributed by atoms with E-state index >= 15 is 0 Å². The minimum Gasteiger partial charge on any atom is -0.335 e. The Kier molecular flexibility index (Phi) is 4.10. The Balaban J connectivity index is 1.77. The Hall–Kier alpha value is -2.95. The van der Waals surface area contributed by atoms with Gasteiger partial charge in [0.15, 0.2) is 5.78 Å². The topological polar surface area (TPSA) is 57.7 Å². The molecule has 5 heteroatoms. The predicted molar refractivity (Wildman–Crippen MR) is 102 cm³/mol. The van der Waals surface area contributed by atoms with Crippen LogP contribution >= 0.6 is 0 Å². The summed E-state index contributed by atoms with van der Waals surface area (Å²) in [6.07, 6.45) is 0. The summed E-state index contributed by atoms with van der Waals surface area (Å²) in [5.74, 6) is -0.297. The summed E-state index contributed by atoms with van der Waals surface area (Å²) in [4.78, 5) is 43.0. The van der Waals surface area contributed by atoms with Crippen LogP contribution in [0.1, 0.15) is 44.9 Å². The number of carbonyl (C=O) groups excluding carboxylic acids is 3. The molecule has 1 saturated heterocycles. The standard InChI is InChI=1S/C22H22N2O3/c1-3-24-18-13-23(20(26)15-9-5-4-6-10-15)14-22(18,2)19(25)16-11-7-8-12-17(16)21(24)27/h4-12,18H,3,13-14H2,1-2H3/t18-,22+/m1/s1. The number of hydrogen-bond donors (Lipinski definition) is 0. The summed E-state index contributed by atoms with van der Waals surface area (Å²) in [5, 5.41) is 0. The number of fused-ring (bicyclic) bond motifs is 2. The molecule has 27 heavy (non-hydrogen) atoms. The first-order valence-electron chi connectivity index (χ1n) is 9.26. The molecule has 4 rings (SSSR count). The third-order valence-corrected chi connectivity index (χ3v) is 5.85. The van der Waals surface area contributed by atoms with Crippen LogP contribution in [0.3, 0.4) is 0 Å². The smallest absolute Gasteiger partial charge is 0.254 e. The molecule has 2 aromatic rings. The van der Waals surface area contributed by atoms with Gasteiger partial charge in [0.1, 0.15) is 0 Å². The molecule has 0 bridgehead atoms. The van der Waals surface area contributed by atoms with E-state index < -0.39 is 5.41 Å². The van der Waals surface area contributed by atoms with Crippen molar-refractivity contribution in [3.8, 4) is 0 Å². The molecule has 138 valence electrons. The number of amides is 2. The van der Waals surface area contributed by atoms with E-state index in [9.17, 15) is 14.4 Å². The molecule has 1 fully saturated rings. The van der Waals surface area contributed by atoms with Crippen LogP contribution in [0.5, 0.6) is 0 Å². The number of ketones is 1. The lowest BCUT2D eigenvalue weighted by molar-refractivity contribution is 0.0559. The minimum absolute atomic E-state index is 0.0595. The molecule has 0 spiro atoms. The highest BCUT2D eigenvalue weighted by atomic mass is 16.2. The van der Waals surface area contributed by atoms with Crippen LogP contribution in [0.4, 0.5) is 0 Å². The Labute approximate surface area is 158 Å². The maximum atomic E-state index is 13.4. The van der Waals surface area contributed by atoms with Crippen molar-refractivity contribution >= 4 is 17.6 Å². The van der Waals surface area contributed by atoms with Gasteiger partial charge >= 0.3 is 0 Å². The van der Waals surface area contributed by atoms with Gasteiger partial charge in [0.2, 0.25) is 0 Å². The lowest BCUT2D eigenvalue weighted by Gasteiger charge is -2.34. The average Bonchev–Trinajstić information content (AvgIpc) is 3.04. The SMILES string of the molecule is CCN1C(=O)c2ccccc2C(=O)[C@@]2(C)CN(C(=O)c3ccccc3)C[C@@H]12. The number of likely N-dealkylation sites (tertiary alicyclic amines) is 1. The van der Waals surface area contributed by atoms with Gasteiger partial charge < -0.3 is 9.80 Å². The van der Waals surface area contributed by atoms with Gasteiger partial charge in [0.25, 0.3) is 11.8 Å². The van der Waals surface area contributed by atoms with Crippen LogP contribution in [0.15, 0.2) is 54.6 Å². The molecular formula is C22H22N2O3. The highest BCUT2D eigenvalue weighted by Gasteiger charge is 2.55. The second-order valence-corrected chi connectivity index (χ2v) is 7.45. The first-order chi connectivity index (χ1) is 13.0. The molecule has 2 aliphatic heterocycles. The van der Waals surface area contributed by atoms with E-state index in [4.69, 9.17) is 0 Å². The van der Waals surface area contributed by atoms with Crippen molar-refractivity contribution in [1.29, 1.82) is 0 Å². The number of nitrogens with zero attached hydrogens (tertiary/aromatic N) is 2. The quantitative estimate of drug-likeness (QED) is 0.825. The van der Waals surface area contributed by atoms with E-state index in [-0.39, 0.29) is 23.6 Å². The molecule has 2 aliphatic rings. The third-order valence-electron chi connectivity index (χ3n) is 5.85. The number of carbonyl (C=O) groups is 3. The van der Waals surface area contributed by atoms with Crippen LogP contribution in [0.2, 0.25) is 0 Å². The van der Waals surface area contributed by atoms with E-state index in [1.165, 1.54) is 0 Å². The molecule has 2 atom stereocenters. The largest absolute Gasteiger partial charge is 0.335 e. The summed E-state index contributed by atoms with van der Waals surface area (Å²) < 4.78 is 0. The number of rotatable bonds is 2. The zero-order valence-corrected chi connectivity index (χ0v) is 15.5. The van der Waals surface area contributed by atoms with Crippen molar-refractivity contribution in [3.05, 3.63) is 71.3 Å². The van der Waals surface area contributed by atoms with E-state index in [1.807, 2.05) is 32.0 Å². The fourth-order valence-corrected chi connectivity index (χ4v) is 4.40. The van der Waals surface area contributed by atoms with Gasteiger partial charge in [-0.05, 0) is 32.0 Å². The first-order valence-corrected chi connectivity index (χ1v) is 9.26. The summed E-state index contributed by atoms with van der Waals surface area (Å²) >= 11 is 0. The second kappa shape index (κ2) is 6.34. The Bertz CT molecular complexity index is 924. The normalized spacial score (nSPS) is 24.4.